The minimum absolute atomic E-state index is 0.0645. The van der Waals surface area contributed by atoms with Gasteiger partial charge in [-0.2, -0.15) is 5.10 Å². The van der Waals surface area contributed by atoms with Crippen molar-refractivity contribution >= 4 is 29.1 Å². The summed E-state index contributed by atoms with van der Waals surface area (Å²) >= 11 is 12.1. The highest BCUT2D eigenvalue weighted by molar-refractivity contribution is 6.30. The molecule has 3 aromatic rings. The maximum absolute atomic E-state index is 12.4. The first kappa shape index (κ1) is 20.4. The Hall–Kier alpha value is -2.30. The van der Waals surface area contributed by atoms with Crippen LogP contribution in [0.25, 0.3) is 0 Å². The third-order valence-corrected chi connectivity index (χ3v) is 5.40. The van der Waals surface area contributed by atoms with Gasteiger partial charge in [-0.3, -0.25) is 9.48 Å². The predicted molar refractivity (Wildman–Crippen MR) is 114 cm³/mol. The van der Waals surface area contributed by atoms with Gasteiger partial charge in [0.2, 0.25) is 5.91 Å². The van der Waals surface area contributed by atoms with Crippen molar-refractivity contribution in [1.29, 1.82) is 0 Å². The van der Waals surface area contributed by atoms with Crippen LogP contribution >= 0.6 is 23.2 Å². The molecule has 0 spiro atoms. The van der Waals surface area contributed by atoms with Crippen molar-refractivity contribution in [2.45, 2.75) is 32.2 Å². The highest BCUT2D eigenvalue weighted by Crippen LogP contribution is 2.33. The van der Waals surface area contributed by atoms with Crippen molar-refractivity contribution in [2.75, 3.05) is 6.54 Å². The van der Waals surface area contributed by atoms with Crippen molar-refractivity contribution in [1.82, 2.24) is 15.1 Å². The fourth-order valence-corrected chi connectivity index (χ4v) is 3.52. The average Bonchev–Trinajstić information content (AvgIpc) is 3.08. The van der Waals surface area contributed by atoms with Crippen LogP contribution in [0.5, 0.6) is 0 Å². The van der Waals surface area contributed by atoms with E-state index in [-0.39, 0.29) is 24.3 Å². The molecule has 0 saturated heterocycles. The number of nitrogens with one attached hydrogen (secondary N) is 1. The van der Waals surface area contributed by atoms with Crippen LogP contribution in [0.1, 0.15) is 35.6 Å². The van der Waals surface area contributed by atoms with Crippen molar-refractivity contribution in [3.05, 3.63) is 87.7 Å². The number of nitrogens with zero attached hydrogens (tertiary/aromatic N) is 2. The standard InChI is InChI=1S/C22H23Cl2N3O/c1-15-11-12-27(26-15)14-22(28)25-13-21(18-5-9-20(24)10-6-18)16(2)17-3-7-19(23)8-4-17/h3-12,16,21H,13-14H2,1-2H3,(H,25,28). The van der Waals surface area contributed by atoms with Gasteiger partial charge in [0.05, 0.1) is 5.69 Å². The zero-order valence-electron chi connectivity index (χ0n) is 15.9. The number of benzene rings is 2. The molecule has 2 unspecified atom stereocenters. The van der Waals surface area contributed by atoms with Gasteiger partial charge in [-0.15, -0.1) is 0 Å². The van der Waals surface area contributed by atoms with Crippen LogP contribution in [0.3, 0.4) is 0 Å². The van der Waals surface area contributed by atoms with E-state index in [0.29, 0.717) is 16.6 Å². The van der Waals surface area contributed by atoms with Crippen LogP contribution in [0.2, 0.25) is 10.0 Å². The maximum atomic E-state index is 12.4. The largest absolute Gasteiger partial charge is 0.354 e. The number of aromatic nitrogens is 2. The molecule has 1 N–H and O–H groups in total. The highest BCUT2D eigenvalue weighted by atomic mass is 35.5. The van der Waals surface area contributed by atoms with Crippen LogP contribution in [0, 0.1) is 6.92 Å². The average molecular weight is 416 g/mol. The van der Waals surface area contributed by atoms with Gasteiger partial charge < -0.3 is 5.32 Å². The smallest absolute Gasteiger partial charge is 0.241 e. The predicted octanol–water partition coefficient (Wildman–Crippen LogP) is 5.20. The van der Waals surface area contributed by atoms with Gasteiger partial charge in [-0.1, -0.05) is 54.4 Å². The lowest BCUT2D eigenvalue weighted by Crippen LogP contribution is -2.33. The second-order valence-electron chi connectivity index (χ2n) is 6.96. The lowest BCUT2D eigenvalue weighted by atomic mass is 9.82. The van der Waals surface area contributed by atoms with Crippen molar-refractivity contribution < 1.29 is 4.79 Å². The van der Waals surface area contributed by atoms with E-state index in [9.17, 15) is 4.79 Å². The van der Waals surface area contributed by atoms with Crippen LogP contribution < -0.4 is 5.32 Å². The number of halogens is 2. The molecule has 2 aromatic carbocycles. The van der Waals surface area contributed by atoms with Gasteiger partial charge in [0.25, 0.3) is 0 Å². The summed E-state index contributed by atoms with van der Waals surface area (Å²) in [5.74, 6) is 0.220. The molecule has 1 amide bonds. The first-order valence-corrected chi connectivity index (χ1v) is 9.95. The number of hydrogen-bond donors (Lipinski definition) is 1. The summed E-state index contributed by atoms with van der Waals surface area (Å²) in [6.45, 7) is 4.78. The zero-order valence-corrected chi connectivity index (χ0v) is 17.4. The molecule has 0 saturated carbocycles. The second kappa shape index (κ2) is 9.26. The molecule has 28 heavy (non-hydrogen) atoms. The molecule has 6 heteroatoms. The molecule has 0 aliphatic carbocycles. The lowest BCUT2D eigenvalue weighted by Gasteiger charge is -2.25. The second-order valence-corrected chi connectivity index (χ2v) is 7.83. The summed E-state index contributed by atoms with van der Waals surface area (Å²) < 4.78 is 1.64. The quantitative estimate of drug-likeness (QED) is 0.575. The molecule has 1 heterocycles. The molecule has 0 radical (unpaired) electrons. The van der Waals surface area contributed by atoms with E-state index >= 15 is 0 Å². The number of carbonyl (C=O) groups excluding carboxylic acids is 1. The summed E-state index contributed by atoms with van der Waals surface area (Å²) in [4.78, 5) is 12.4. The summed E-state index contributed by atoms with van der Waals surface area (Å²) in [5.41, 5.74) is 3.19. The Morgan fingerprint density at radius 3 is 2.11 bits per heavy atom. The van der Waals surface area contributed by atoms with Crippen LogP contribution in [0.4, 0.5) is 0 Å². The normalized spacial score (nSPS) is 13.1. The van der Waals surface area contributed by atoms with E-state index in [2.05, 4.69) is 17.3 Å². The summed E-state index contributed by atoms with van der Waals surface area (Å²) in [6.07, 6.45) is 1.81. The first-order valence-electron chi connectivity index (χ1n) is 9.20. The van der Waals surface area contributed by atoms with E-state index in [1.54, 1.807) is 4.68 Å². The lowest BCUT2D eigenvalue weighted by molar-refractivity contribution is -0.121. The van der Waals surface area contributed by atoms with Gasteiger partial charge in [0, 0.05) is 28.7 Å². The molecule has 2 atom stereocenters. The third kappa shape index (κ3) is 5.37. The van der Waals surface area contributed by atoms with Crippen molar-refractivity contribution in [3.63, 3.8) is 0 Å². The fourth-order valence-electron chi connectivity index (χ4n) is 3.27. The molecule has 0 aliphatic rings. The van der Waals surface area contributed by atoms with Gasteiger partial charge in [-0.05, 0) is 54.3 Å². The topological polar surface area (TPSA) is 46.9 Å². The molecule has 0 bridgehead atoms. The van der Waals surface area contributed by atoms with Gasteiger partial charge >= 0.3 is 0 Å². The van der Waals surface area contributed by atoms with E-state index in [1.807, 2.05) is 67.7 Å². The van der Waals surface area contributed by atoms with Gasteiger partial charge in [-0.25, -0.2) is 0 Å². The van der Waals surface area contributed by atoms with E-state index in [1.165, 1.54) is 5.56 Å². The molecular formula is C22H23Cl2N3O. The van der Waals surface area contributed by atoms with Crippen LogP contribution in [-0.4, -0.2) is 22.2 Å². The Kier molecular flexibility index (Phi) is 6.76. The Labute approximate surface area is 175 Å². The number of aryl methyl sites for hydroxylation is 1. The number of amides is 1. The SMILES string of the molecule is Cc1ccn(CC(=O)NCC(c2ccc(Cl)cc2)C(C)c2ccc(Cl)cc2)n1. The number of carbonyl (C=O) groups is 1. The van der Waals surface area contributed by atoms with Crippen LogP contribution in [-0.2, 0) is 11.3 Å². The number of rotatable bonds is 7. The Morgan fingerprint density at radius 1 is 1.00 bits per heavy atom. The molecule has 0 fully saturated rings. The minimum Gasteiger partial charge on any atom is -0.354 e. The number of hydrogen-bond acceptors (Lipinski definition) is 2. The van der Waals surface area contributed by atoms with Crippen molar-refractivity contribution in [3.8, 4) is 0 Å². The summed E-state index contributed by atoms with van der Waals surface area (Å²) in [7, 11) is 0. The molecule has 0 aliphatic heterocycles. The Morgan fingerprint density at radius 2 is 1.57 bits per heavy atom. The van der Waals surface area contributed by atoms with Gasteiger partial charge in [0.15, 0.2) is 0 Å². The fraction of sp³-hybridized carbons (Fsp3) is 0.273. The third-order valence-electron chi connectivity index (χ3n) is 4.90. The monoisotopic (exact) mass is 415 g/mol. The molecule has 3 rings (SSSR count). The maximum Gasteiger partial charge on any atom is 0.241 e. The van der Waals surface area contributed by atoms with Crippen molar-refractivity contribution in [2.24, 2.45) is 0 Å². The van der Waals surface area contributed by atoms with E-state index in [4.69, 9.17) is 23.2 Å². The Balaban J connectivity index is 1.74. The summed E-state index contributed by atoms with van der Waals surface area (Å²) in [5, 5.41) is 8.73. The Bertz CT molecular complexity index is 920. The van der Waals surface area contributed by atoms with Gasteiger partial charge in [0.1, 0.15) is 6.54 Å². The summed E-state index contributed by atoms with van der Waals surface area (Å²) in [6, 6.07) is 17.5. The van der Waals surface area contributed by atoms with E-state index in [0.717, 1.165) is 11.3 Å². The molecule has 1 aromatic heterocycles. The molecular weight excluding hydrogens is 393 g/mol. The molecule has 146 valence electrons. The van der Waals surface area contributed by atoms with E-state index < -0.39 is 0 Å². The molecule has 4 nitrogen and oxygen atoms in total. The minimum atomic E-state index is -0.0645. The highest BCUT2D eigenvalue weighted by Gasteiger charge is 2.22. The van der Waals surface area contributed by atoms with Crippen LogP contribution in [0.15, 0.2) is 60.8 Å². The first-order chi connectivity index (χ1) is 13.4. The zero-order chi connectivity index (χ0) is 20.1.